The fourth-order valence-electron chi connectivity index (χ4n) is 2.08. The second-order valence-corrected chi connectivity index (χ2v) is 6.82. The number of hydrogen-bond acceptors (Lipinski definition) is 5. The Morgan fingerprint density at radius 1 is 1.42 bits per heavy atom. The van der Waals surface area contributed by atoms with E-state index in [1.807, 2.05) is 6.92 Å². The highest BCUT2D eigenvalue weighted by Gasteiger charge is 2.27. The van der Waals surface area contributed by atoms with Gasteiger partial charge in [0.15, 0.2) is 0 Å². The van der Waals surface area contributed by atoms with E-state index in [-0.39, 0.29) is 11.9 Å². The normalized spacial score (nSPS) is 18.4. The van der Waals surface area contributed by atoms with Crippen LogP contribution < -0.4 is 4.74 Å². The van der Waals surface area contributed by atoms with Gasteiger partial charge in [0.1, 0.15) is 11.9 Å². The molecule has 0 aliphatic carbocycles. The first-order chi connectivity index (χ1) is 9.01. The Morgan fingerprint density at radius 2 is 2.11 bits per heavy atom. The molecule has 0 amide bonds. The number of hydrogen-bond donors (Lipinski definition) is 0. The minimum atomic E-state index is -3.07. The molecule has 1 fully saturated rings. The van der Waals surface area contributed by atoms with Crippen LogP contribution >= 0.6 is 0 Å². The van der Waals surface area contributed by atoms with Crippen LogP contribution in [-0.2, 0) is 10.0 Å². The standard InChI is InChI=1S/C12H19N3O3S/c1-3-19(16,17)15-8-5-11(6-9-15)18-12-4-7-13-10(2)14-12/h4,7,11H,3,5-6,8-9H2,1-2H3. The highest BCUT2D eigenvalue weighted by atomic mass is 32.2. The van der Waals surface area contributed by atoms with E-state index in [1.165, 1.54) is 4.31 Å². The van der Waals surface area contributed by atoms with Gasteiger partial charge < -0.3 is 4.74 Å². The molecule has 106 valence electrons. The van der Waals surface area contributed by atoms with E-state index in [1.54, 1.807) is 19.2 Å². The Morgan fingerprint density at radius 3 is 2.68 bits per heavy atom. The molecular weight excluding hydrogens is 266 g/mol. The summed E-state index contributed by atoms with van der Waals surface area (Å²) in [6.45, 7) is 4.51. The third-order valence-corrected chi connectivity index (χ3v) is 5.08. The predicted octanol–water partition coefficient (Wildman–Crippen LogP) is 0.978. The first-order valence-corrected chi connectivity index (χ1v) is 8.06. The maximum absolute atomic E-state index is 11.7. The lowest BCUT2D eigenvalue weighted by Crippen LogP contribution is -2.42. The molecule has 0 spiro atoms. The Bertz CT molecular complexity index is 525. The van der Waals surface area contributed by atoms with Gasteiger partial charge in [0.25, 0.3) is 0 Å². The molecule has 0 atom stereocenters. The van der Waals surface area contributed by atoms with Crippen molar-refractivity contribution in [1.29, 1.82) is 0 Å². The average molecular weight is 285 g/mol. The molecule has 0 unspecified atom stereocenters. The molecule has 1 saturated heterocycles. The number of ether oxygens (including phenoxy) is 1. The molecule has 0 bridgehead atoms. The summed E-state index contributed by atoms with van der Waals surface area (Å²) in [6, 6.07) is 1.72. The molecule has 0 N–H and O–H groups in total. The van der Waals surface area contributed by atoms with Crippen molar-refractivity contribution < 1.29 is 13.2 Å². The lowest BCUT2D eigenvalue weighted by molar-refractivity contribution is 0.129. The molecule has 1 aromatic heterocycles. The van der Waals surface area contributed by atoms with Gasteiger partial charge in [0.2, 0.25) is 15.9 Å². The van der Waals surface area contributed by atoms with Crippen molar-refractivity contribution in [3.8, 4) is 5.88 Å². The first kappa shape index (κ1) is 14.2. The summed E-state index contributed by atoms with van der Waals surface area (Å²) in [5.41, 5.74) is 0. The van der Waals surface area contributed by atoms with Crippen LogP contribution in [0.4, 0.5) is 0 Å². The van der Waals surface area contributed by atoms with Gasteiger partial charge in [0.05, 0.1) is 5.75 Å². The minimum absolute atomic E-state index is 0.0256. The van der Waals surface area contributed by atoms with E-state index < -0.39 is 10.0 Å². The van der Waals surface area contributed by atoms with Crippen molar-refractivity contribution in [3.63, 3.8) is 0 Å². The number of sulfonamides is 1. The monoisotopic (exact) mass is 285 g/mol. The largest absolute Gasteiger partial charge is 0.474 e. The highest BCUT2D eigenvalue weighted by molar-refractivity contribution is 7.89. The molecular formula is C12H19N3O3S. The predicted molar refractivity (Wildman–Crippen MR) is 71.5 cm³/mol. The number of rotatable bonds is 4. The summed E-state index contributed by atoms with van der Waals surface area (Å²) < 4.78 is 30.8. The van der Waals surface area contributed by atoms with E-state index in [0.717, 1.165) is 0 Å². The van der Waals surface area contributed by atoms with Crippen LogP contribution in [0.1, 0.15) is 25.6 Å². The lowest BCUT2D eigenvalue weighted by atomic mass is 10.1. The molecule has 19 heavy (non-hydrogen) atoms. The molecule has 2 heterocycles. The highest BCUT2D eigenvalue weighted by Crippen LogP contribution is 2.19. The van der Waals surface area contributed by atoms with Crippen molar-refractivity contribution >= 4 is 10.0 Å². The van der Waals surface area contributed by atoms with Crippen molar-refractivity contribution in [2.24, 2.45) is 0 Å². The molecule has 1 aromatic rings. The molecule has 0 radical (unpaired) electrons. The van der Waals surface area contributed by atoms with E-state index in [2.05, 4.69) is 9.97 Å². The van der Waals surface area contributed by atoms with Gasteiger partial charge in [-0.2, -0.15) is 4.98 Å². The van der Waals surface area contributed by atoms with Gasteiger partial charge in [-0.05, 0) is 26.7 Å². The quantitative estimate of drug-likeness (QED) is 0.824. The summed E-state index contributed by atoms with van der Waals surface area (Å²) in [4.78, 5) is 8.20. The molecule has 0 saturated carbocycles. The molecule has 1 aliphatic heterocycles. The van der Waals surface area contributed by atoms with Gasteiger partial charge in [-0.1, -0.05) is 0 Å². The Hall–Kier alpha value is -1.21. The van der Waals surface area contributed by atoms with Crippen LogP contribution in [0.3, 0.4) is 0 Å². The number of aryl methyl sites for hydroxylation is 1. The van der Waals surface area contributed by atoms with E-state index in [9.17, 15) is 8.42 Å². The zero-order valence-corrected chi connectivity index (χ0v) is 12.1. The molecule has 6 nitrogen and oxygen atoms in total. The number of aromatic nitrogens is 2. The minimum Gasteiger partial charge on any atom is -0.474 e. The van der Waals surface area contributed by atoms with E-state index >= 15 is 0 Å². The summed E-state index contributed by atoms with van der Waals surface area (Å²) in [6.07, 6.45) is 3.08. The molecule has 7 heteroatoms. The average Bonchev–Trinajstić information content (AvgIpc) is 2.39. The topological polar surface area (TPSA) is 72.4 Å². The zero-order valence-electron chi connectivity index (χ0n) is 11.2. The van der Waals surface area contributed by atoms with E-state index in [4.69, 9.17) is 4.74 Å². The number of piperidine rings is 1. The SMILES string of the molecule is CCS(=O)(=O)N1CCC(Oc2ccnc(C)n2)CC1. The molecule has 0 aromatic carbocycles. The van der Waals surface area contributed by atoms with E-state index in [0.29, 0.717) is 37.6 Å². The fourth-order valence-corrected chi connectivity index (χ4v) is 3.21. The molecule has 2 rings (SSSR count). The third kappa shape index (κ3) is 3.63. The van der Waals surface area contributed by atoms with Crippen molar-refractivity contribution in [3.05, 3.63) is 18.1 Å². The van der Waals surface area contributed by atoms with Crippen LogP contribution in [0.5, 0.6) is 5.88 Å². The number of nitrogens with zero attached hydrogens (tertiary/aromatic N) is 3. The van der Waals surface area contributed by atoms with Crippen LogP contribution in [0.25, 0.3) is 0 Å². The Kier molecular flexibility index (Phi) is 4.36. The van der Waals surface area contributed by atoms with Crippen LogP contribution in [-0.4, -0.2) is 47.6 Å². The summed E-state index contributed by atoms with van der Waals surface area (Å²) in [5, 5.41) is 0. The van der Waals surface area contributed by atoms with Gasteiger partial charge in [-0.15, -0.1) is 0 Å². The first-order valence-electron chi connectivity index (χ1n) is 6.45. The second-order valence-electron chi connectivity index (χ2n) is 4.56. The van der Waals surface area contributed by atoms with Crippen LogP contribution in [0.15, 0.2) is 12.3 Å². The van der Waals surface area contributed by atoms with Gasteiger partial charge in [0, 0.05) is 25.4 Å². The fraction of sp³-hybridized carbons (Fsp3) is 0.667. The second kappa shape index (κ2) is 5.83. The Balaban J connectivity index is 1.91. The summed E-state index contributed by atoms with van der Waals surface area (Å²) in [5.74, 6) is 1.39. The van der Waals surface area contributed by atoms with Gasteiger partial charge in [-0.3, -0.25) is 0 Å². The van der Waals surface area contributed by atoms with Crippen molar-refractivity contribution in [2.75, 3.05) is 18.8 Å². The smallest absolute Gasteiger partial charge is 0.216 e. The van der Waals surface area contributed by atoms with Gasteiger partial charge in [-0.25, -0.2) is 17.7 Å². The lowest BCUT2D eigenvalue weighted by Gasteiger charge is -2.30. The maximum Gasteiger partial charge on any atom is 0.216 e. The Labute approximate surface area is 113 Å². The van der Waals surface area contributed by atoms with Crippen LogP contribution in [0.2, 0.25) is 0 Å². The third-order valence-electron chi connectivity index (χ3n) is 3.20. The maximum atomic E-state index is 11.7. The molecule has 1 aliphatic rings. The van der Waals surface area contributed by atoms with Crippen molar-refractivity contribution in [2.45, 2.75) is 32.8 Å². The zero-order chi connectivity index (χ0) is 13.9. The van der Waals surface area contributed by atoms with Crippen molar-refractivity contribution in [1.82, 2.24) is 14.3 Å². The summed E-state index contributed by atoms with van der Waals surface area (Å²) in [7, 11) is -3.07. The van der Waals surface area contributed by atoms with Gasteiger partial charge >= 0.3 is 0 Å². The summed E-state index contributed by atoms with van der Waals surface area (Å²) >= 11 is 0. The van der Waals surface area contributed by atoms with Crippen LogP contribution in [0, 0.1) is 6.92 Å².